The van der Waals surface area contributed by atoms with E-state index in [0.29, 0.717) is 24.2 Å². The maximum atomic E-state index is 13.3. The molecule has 0 aliphatic rings. The lowest BCUT2D eigenvalue weighted by Crippen LogP contribution is -2.30. The fraction of sp³-hybridized carbons (Fsp3) is 0.0714. The van der Waals surface area contributed by atoms with E-state index in [9.17, 15) is 19.8 Å². The number of rotatable bonds is 7. The highest BCUT2D eigenvalue weighted by Crippen LogP contribution is 2.27. The predicted molar refractivity (Wildman–Crippen MR) is 135 cm³/mol. The summed E-state index contributed by atoms with van der Waals surface area (Å²) in [5, 5.41) is 19.0. The number of carboxylic acids is 1. The Kier molecular flexibility index (Phi) is 7.09. The van der Waals surface area contributed by atoms with Crippen molar-refractivity contribution in [3.05, 3.63) is 124 Å². The van der Waals surface area contributed by atoms with E-state index in [-0.39, 0.29) is 17.2 Å². The molecule has 2 N–H and O–H groups in total. The fourth-order valence-corrected chi connectivity index (χ4v) is 3.95. The Morgan fingerprint density at radius 3 is 1.94 bits per heavy atom. The minimum Gasteiger partial charge on any atom is -0.507 e. The third-order valence-electron chi connectivity index (χ3n) is 5.48. The average molecular weight is 516 g/mol. The molecule has 6 heteroatoms. The van der Waals surface area contributed by atoms with Crippen molar-refractivity contribution < 1.29 is 19.8 Å². The highest BCUT2D eigenvalue weighted by molar-refractivity contribution is 9.10. The monoisotopic (exact) mass is 515 g/mol. The fourth-order valence-electron chi connectivity index (χ4n) is 3.69. The lowest BCUT2D eigenvalue weighted by atomic mass is 10.0. The van der Waals surface area contributed by atoms with Gasteiger partial charge in [0.05, 0.1) is 0 Å². The molecule has 0 fully saturated rings. The number of hydrogen-bond donors (Lipinski definition) is 2. The summed E-state index contributed by atoms with van der Waals surface area (Å²) in [6.45, 7) is 0.886. The van der Waals surface area contributed by atoms with E-state index in [1.165, 1.54) is 12.1 Å². The molecule has 0 aliphatic heterocycles. The van der Waals surface area contributed by atoms with Gasteiger partial charge in [0.15, 0.2) is 0 Å². The van der Waals surface area contributed by atoms with Crippen LogP contribution in [0.5, 0.6) is 5.75 Å². The van der Waals surface area contributed by atoms with Gasteiger partial charge in [-0.3, -0.25) is 4.79 Å². The van der Waals surface area contributed by atoms with E-state index < -0.39 is 5.97 Å². The number of aromatic carboxylic acids is 1. The molecule has 0 atom stereocenters. The van der Waals surface area contributed by atoms with E-state index in [0.717, 1.165) is 21.2 Å². The highest BCUT2D eigenvalue weighted by atomic mass is 79.9. The molecule has 0 bridgehead atoms. The first-order valence-electron chi connectivity index (χ1n) is 10.6. The normalized spacial score (nSPS) is 10.6. The third-order valence-corrected chi connectivity index (χ3v) is 6.01. The Labute approximate surface area is 206 Å². The zero-order valence-corrected chi connectivity index (χ0v) is 19.8. The molecule has 5 nitrogen and oxygen atoms in total. The highest BCUT2D eigenvalue weighted by Gasteiger charge is 2.17. The van der Waals surface area contributed by atoms with E-state index >= 15 is 0 Å². The number of halogens is 1. The van der Waals surface area contributed by atoms with Gasteiger partial charge in [-0.1, -0.05) is 76.6 Å². The second-order valence-corrected chi connectivity index (χ2v) is 8.80. The van der Waals surface area contributed by atoms with Crippen molar-refractivity contribution in [1.82, 2.24) is 4.90 Å². The summed E-state index contributed by atoms with van der Waals surface area (Å²) in [4.78, 5) is 26.5. The van der Waals surface area contributed by atoms with Crippen LogP contribution in [0.25, 0.3) is 11.1 Å². The van der Waals surface area contributed by atoms with Gasteiger partial charge in [-0.05, 0) is 58.7 Å². The summed E-state index contributed by atoms with van der Waals surface area (Å²) in [6, 6.07) is 29.3. The zero-order valence-electron chi connectivity index (χ0n) is 18.2. The quantitative estimate of drug-likeness (QED) is 0.300. The Hall–Kier alpha value is -3.90. The van der Waals surface area contributed by atoms with Gasteiger partial charge in [0.1, 0.15) is 11.3 Å². The van der Waals surface area contributed by atoms with Crippen molar-refractivity contribution in [2.24, 2.45) is 0 Å². The van der Waals surface area contributed by atoms with Crippen LogP contribution >= 0.6 is 15.9 Å². The number of aromatic hydroxyl groups is 1. The Bertz CT molecular complexity index is 1300. The molecule has 0 unspecified atom stereocenters. The summed E-state index contributed by atoms with van der Waals surface area (Å²) in [6.07, 6.45) is 0. The first-order chi connectivity index (χ1) is 16.4. The summed E-state index contributed by atoms with van der Waals surface area (Å²) in [5.74, 6) is -1.51. The number of amides is 1. The summed E-state index contributed by atoms with van der Waals surface area (Å²) >= 11 is 3.41. The Morgan fingerprint density at radius 1 is 0.735 bits per heavy atom. The van der Waals surface area contributed by atoms with Gasteiger partial charge in [-0.2, -0.15) is 0 Å². The van der Waals surface area contributed by atoms with Gasteiger partial charge >= 0.3 is 5.97 Å². The van der Waals surface area contributed by atoms with Crippen molar-refractivity contribution in [3.8, 4) is 16.9 Å². The van der Waals surface area contributed by atoms with E-state index in [1.807, 2.05) is 66.7 Å². The first kappa shape index (κ1) is 23.3. The molecule has 0 radical (unpaired) electrons. The molecule has 34 heavy (non-hydrogen) atoms. The van der Waals surface area contributed by atoms with Crippen molar-refractivity contribution >= 4 is 27.8 Å². The molecule has 4 aromatic carbocycles. The van der Waals surface area contributed by atoms with Crippen LogP contribution < -0.4 is 0 Å². The predicted octanol–water partition coefficient (Wildman–Crippen LogP) is 6.36. The maximum absolute atomic E-state index is 13.3. The van der Waals surface area contributed by atoms with Gasteiger partial charge in [-0.15, -0.1) is 0 Å². The molecule has 0 aromatic heterocycles. The number of hydrogen-bond acceptors (Lipinski definition) is 3. The molecule has 1 amide bonds. The average Bonchev–Trinajstić information content (AvgIpc) is 2.85. The van der Waals surface area contributed by atoms with Crippen LogP contribution in [0.4, 0.5) is 0 Å². The van der Waals surface area contributed by atoms with Gasteiger partial charge < -0.3 is 15.1 Å². The van der Waals surface area contributed by atoms with Crippen LogP contribution in [0.15, 0.2) is 102 Å². The summed E-state index contributed by atoms with van der Waals surface area (Å²) in [7, 11) is 0. The summed E-state index contributed by atoms with van der Waals surface area (Å²) in [5.41, 5.74) is 3.96. The topological polar surface area (TPSA) is 77.8 Å². The van der Waals surface area contributed by atoms with E-state index in [1.54, 1.807) is 23.1 Å². The van der Waals surface area contributed by atoms with Crippen LogP contribution in [-0.4, -0.2) is 27.0 Å². The van der Waals surface area contributed by atoms with Gasteiger partial charge in [0.2, 0.25) is 0 Å². The second-order valence-electron chi connectivity index (χ2n) is 7.89. The number of carbonyl (C=O) groups excluding carboxylic acids is 1. The second kappa shape index (κ2) is 10.4. The number of carbonyl (C=O) groups is 2. The third kappa shape index (κ3) is 5.53. The minimum atomic E-state index is -1.18. The number of nitrogens with zero attached hydrogens (tertiary/aromatic N) is 1. The molecule has 4 aromatic rings. The molecular weight excluding hydrogens is 494 g/mol. The van der Waals surface area contributed by atoms with Crippen molar-refractivity contribution in [1.29, 1.82) is 0 Å². The van der Waals surface area contributed by atoms with Crippen molar-refractivity contribution in [3.63, 3.8) is 0 Å². The molecule has 170 valence electrons. The van der Waals surface area contributed by atoms with Crippen molar-refractivity contribution in [2.75, 3.05) is 0 Å². The largest absolute Gasteiger partial charge is 0.507 e. The van der Waals surface area contributed by atoms with Crippen molar-refractivity contribution in [2.45, 2.75) is 13.1 Å². The molecule has 4 rings (SSSR count). The molecule has 0 saturated heterocycles. The lowest BCUT2D eigenvalue weighted by molar-refractivity contribution is 0.0692. The summed E-state index contributed by atoms with van der Waals surface area (Å²) < 4.78 is 0.912. The molecule has 0 spiro atoms. The van der Waals surface area contributed by atoms with Crippen LogP contribution in [0.2, 0.25) is 0 Å². The minimum absolute atomic E-state index is 0.0648. The van der Waals surface area contributed by atoms with E-state index in [2.05, 4.69) is 15.9 Å². The molecule has 0 saturated carbocycles. The molecule has 0 aliphatic carbocycles. The van der Waals surface area contributed by atoms with E-state index in [4.69, 9.17) is 0 Å². The SMILES string of the molecule is O=C(O)c1cc(-c2ccc(CN(Cc3ccccc3)C(=O)c3ccc(Br)cc3)cc2)ccc1O. The Morgan fingerprint density at radius 2 is 1.32 bits per heavy atom. The van der Waals surface area contributed by atoms with Crippen LogP contribution in [0.3, 0.4) is 0 Å². The Balaban J connectivity index is 1.58. The smallest absolute Gasteiger partial charge is 0.339 e. The van der Waals surface area contributed by atoms with Crippen LogP contribution in [-0.2, 0) is 13.1 Å². The standard InChI is InChI=1S/C28H22BrNO4/c29-24-13-10-22(11-14-24)27(32)30(17-19-4-2-1-3-5-19)18-20-6-8-21(9-7-20)23-12-15-26(31)25(16-23)28(33)34/h1-16,31H,17-18H2,(H,33,34). The van der Waals surface area contributed by atoms with Gasteiger partial charge in [0, 0.05) is 23.1 Å². The molecule has 0 heterocycles. The number of carboxylic acid groups (broad SMARTS) is 1. The maximum Gasteiger partial charge on any atom is 0.339 e. The van der Waals surface area contributed by atoms with Crippen LogP contribution in [0, 0.1) is 0 Å². The number of benzene rings is 4. The van der Waals surface area contributed by atoms with Crippen LogP contribution in [0.1, 0.15) is 31.8 Å². The number of phenols is 1. The van der Waals surface area contributed by atoms with Gasteiger partial charge in [0.25, 0.3) is 5.91 Å². The molecular formula is C28H22BrNO4. The van der Waals surface area contributed by atoms with Gasteiger partial charge in [-0.25, -0.2) is 4.79 Å². The first-order valence-corrected chi connectivity index (χ1v) is 11.4. The zero-order chi connectivity index (χ0) is 24.1. The lowest BCUT2D eigenvalue weighted by Gasteiger charge is -2.23.